The van der Waals surface area contributed by atoms with Gasteiger partial charge in [-0.1, -0.05) is 11.3 Å². The number of hydrogen-bond donors (Lipinski definition) is 1. The highest BCUT2D eigenvalue weighted by atomic mass is 32.1. The van der Waals surface area contributed by atoms with Crippen LogP contribution < -0.4 is 10.5 Å². The van der Waals surface area contributed by atoms with Gasteiger partial charge in [0.15, 0.2) is 5.13 Å². The molecule has 0 spiro atoms. The summed E-state index contributed by atoms with van der Waals surface area (Å²) in [5, 5.41) is 0.774. The Morgan fingerprint density at radius 2 is 2.10 bits per heavy atom. The molecule has 1 fully saturated rings. The summed E-state index contributed by atoms with van der Waals surface area (Å²) >= 11 is 1.39. The Kier molecular flexibility index (Phi) is 5.30. The summed E-state index contributed by atoms with van der Waals surface area (Å²) in [4.78, 5) is 35.3. The molecule has 2 N–H and O–H groups in total. The van der Waals surface area contributed by atoms with E-state index in [1.54, 1.807) is 6.07 Å². The van der Waals surface area contributed by atoms with Crippen molar-refractivity contribution in [3.8, 4) is 10.9 Å². The van der Waals surface area contributed by atoms with E-state index in [1.165, 1.54) is 23.6 Å². The minimum atomic E-state index is -0.602. The van der Waals surface area contributed by atoms with Crippen molar-refractivity contribution in [2.75, 3.05) is 13.1 Å². The molecule has 3 aromatic heterocycles. The summed E-state index contributed by atoms with van der Waals surface area (Å²) in [5.41, 5.74) is 6.16. The van der Waals surface area contributed by atoms with Crippen molar-refractivity contribution < 1.29 is 14.3 Å². The van der Waals surface area contributed by atoms with Crippen LogP contribution in [0.3, 0.4) is 0 Å². The first-order chi connectivity index (χ1) is 14.0. The highest BCUT2D eigenvalue weighted by Gasteiger charge is 2.28. The summed E-state index contributed by atoms with van der Waals surface area (Å²) < 4.78 is 7.90. The fraction of sp³-hybridized carbons (Fsp3) is 0.300. The van der Waals surface area contributed by atoms with E-state index >= 15 is 0 Å². The Morgan fingerprint density at radius 3 is 2.86 bits per heavy atom. The number of aryl methyl sites for hydroxylation is 1. The molecule has 0 bridgehead atoms. The van der Waals surface area contributed by atoms with E-state index < -0.39 is 5.91 Å². The number of carbonyl (C=O) groups is 2. The molecule has 3 aromatic rings. The highest BCUT2D eigenvalue weighted by molar-refractivity contribution is 7.16. The van der Waals surface area contributed by atoms with Crippen LogP contribution in [0.4, 0.5) is 0 Å². The second-order valence-electron chi connectivity index (χ2n) is 6.88. The van der Waals surface area contributed by atoms with Crippen LogP contribution in [0.25, 0.3) is 5.13 Å². The molecule has 0 aromatic carbocycles. The standard InChI is InChI=1S/C20H21N5O3S/c1-13-17(29-20(23-13)24-8-2-3-9-24)19(27)25-10-4-5-15(12-25)28-14-6-7-22-16(11-14)18(21)26/h2-3,6-9,11,15H,4-5,10,12H2,1H3,(H2,21,26). The molecule has 4 rings (SSSR count). The first-order valence-electron chi connectivity index (χ1n) is 9.34. The number of pyridine rings is 1. The third-order valence-corrected chi connectivity index (χ3v) is 5.92. The van der Waals surface area contributed by atoms with Crippen LogP contribution in [-0.4, -0.2) is 50.4 Å². The fourth-order valence-corrected chi connectivity index (χ4v) is 4.33. The largest absolute Gasteiger partial charge is 0.488 e. The smallest absolute Gasteiger partial charge is 0.267 e. The van der Waals surface area contributed by atoms with Crippen molar-refractivity contribution in [1.82, 2.24) is 19.4 Å². The summed E-state index contributed by atoms with van der Waals surface area (Å²) in [6.45, 7) is 3.01. The lowest BCUT2D eigenvalue weighted by molar-refractivity contribution is 0.0541. The lowest BCUT2D eigenvalue weighted by Crippen LogP contribution is -2.44. The van der Waals surface area contributed by atoms with E-state index in [-0.39, 0.29) is 17.7 Å². The van der Waals surface area contributed by atoms with Gasteiger partial charge < -0.3 is 19.9 Å². The molecule has 1 unspecified atom stereocenters. The summed E-state index contributed by atoms with van der Waals surface area (Å²) in [5.74, 6) is -0.105. The van der Waals surface area contributed by atoms with Gasteiger partial charge in [0.25, 0.3) is 11.8 Å². The molecule has 1 atom stereocenters. The van der Waals surface area contributed by atoms with Gasteiger partial charge in [0.1, 0.15) is 22.4 Å². The van der Waals surface area contributed by atoms with Gasteiger partial charge in [0.05, 0.1) is 12.2 Å². The maximum Gasteiger partial charge on any atom is 0.267 e. The van der Waals surface area contributed by atoms with Crippen LogP contribution in [0.2, 0.25) is 0 Å². The Hall–Kier alpha value is -3.20. The van der Waals surface area contributed by atoms with Crippen LogP contribution in [0.5, 0.6) is 5.75 Å². The number of thiazole rings is 1. The van der Waals surface area contributed by atoms with Gasteiger partial charge >= 0.3 is 0 Å². The third-order valence-electron chi connectivity index (χ3n) is 4.76. The van der Waals surface area contributed by atoms with Gasteiger partial charge in [-0.05, 0) is 38.0 Å². The third kappa shape index (κ3) is 4.14. The highest BCUT2D eigenvalue weighted by Crippen LogP contribution is 2.26. The lowest BCUT2D eigenvalue weighted by Gasteiger charge is -2.32. The number of nitrogens with zero attached hydrogens (tertiary/aromatic N) is 4. The predicted molar refractivity (Wildman–Crippen MR) is 108 cm³/mol. The molecular formula is C20H21N5O3S. The quantitative estimate of drug-likeness (QED) is 0.694. The molecule has 150 valence electrons. The Morgan fingerprint density at radius 1 is 1.31 bits per heavy atom. The lowest BCUT2D eigenvalue weighted by atomic mass is 10.1. The Bertz CT molecular complexity index is 1030. The van der Waals surface area contributed by atoms with Crippen LogP contribution in [0, 0.1) is 6.92 Å². The van der Waals surface area contributed by atoms with Crippen molar-refractivity contribution >= 4 is 23.2 Å². The molecule has 2 amide bonds. The molecular weight excluding hydrogens is 390 g/mol. The number of aromatic nitrogens is 3. The van der Waals surface area contributed by atoms with E-state index in [0.29, 0.717) is 23.7 Å². The monoisotopic (exact) mass is 411 g/mol. The first kappa shape index (κ1) is 19.1. The summed E-state index contributed by atoms with van der Waals surface area (Å²) in [7, 11) is 0. The fourth-order valence-electron chi connectivity index (χ4n) is 3.33. The van der Waals surface area contributed by atoms with Gasteiger partial charge in [0, 0.05) is 31.2 Å². The number of ether oxygens (including phenoxy) is 1. The number of carbonyl (C=O) groups excluding carboxylic acids is 2. The van der Waals surface area contributed by atoms with Crippen LogP contribution in [0.1, 0.15) is 38.7 Å². The Labute approximate surface area is 171 Å². The molecule has 0 saturated carbocycles. The minimum Gasteiger partial charge on any atom is -0.488 e. The zero-order valence-corrected chi connectivity index (χ0v) is 16.8. The molecule has 0 aliphatic carbocycles. The van der Waals surface area contributed by atoms with Gasteiger partial charge in [0.2, 0.25) is 0 Å². The van der Waals surface area contributed by atoms with Crippen molar-refractivity contribution in [3.05, 3.63) is 59.1 Å². The van der Waals surface area contributed by atoms with E-state index in [0.717, 1.165) is 23.7 Å². The number of nitrogens with two attached hydrogens (primary N) is 1. The van der Waals surface area contributed by atoms with Crippen LogP contribution in [-0.2, 0) is 0 Å². The number of hydrogen-bond acceptors (Lipinski definition) is 6. The normalized spacial score (nSPS) is 16.6. The van der Waals surface area contributed by atoms with Crippen molar-refractivity contribution in [2.24, 2.45) is 5.73 Å². The second kappa shape index (κ2) is 8.04. The second-order valence-corrected chi connectivity index (χ2v) is 7.85. The molecule has 1 saturated heterocycles. The van der Waals surface area contributed by atoms with Gasteiger partial charge in [-0.15, -0.1) is 0 Å². The van der Waals surface area contributed by atoms with Crippen LogP contribution in [0.15, 0.2) is 42.9 Å². The summed E-state index contributed by atoms with van der Waals surface area (Å²) in [6.07, 6.45) is 6.82. The zero-order valence-electron chi connectivity index (χ0n) is 15.9. The Balaban J connectivity index is 1.46. The maximum atomic E-state index is 13.1. The molecule has 0 radical (unpaired) electrons. The van der Waals surface area contributed by atoms with Crippen molar-refractivity contribution in [3.63, 3.8) is 0 Å². The van der Waals surface area contributed by atoms with Crippen molar-refractivity contribution in [1.29, 1.82) is 0 Å². The number of rotatable bonds is 5. The average Bonchev–Trinajstić information content (AvgIpc) is 3.37. The van der Waals surface area contributed by atoms with E-state index in [4.69, 9.17) is 10.5 Å². The maximum absolute atomic E-state index is 13.1. The number of likely N-dealkylation sites (tertiary alicyclic amines) is 1. The predicted octanol–water partition coefficient (Wildman–Crippen LogP) is 2.42. The topological polar surface area (TPSA) is 103 Å². The van der Waals surface area contributed by atoms with Gasteiger partial charge in [-0.2, -0.15) is 0 Å². The SMILES string of the molecule is Cc1nc(-n2cccc2)sc1C(=O)N1CCCC(Oc2ccnc(C(N)=O)c2)C1. The number of primary amides is 1. The number of piperidine rings is 1. The van der Waals surface area contributed by atoms with Gasteiger partial charge in [-0.25, -0.2) is 4.98 Å². The number of amides is 2. The van der Waals surface area contributed by atoms with Crippen molar-refractivity contribution in [2.45, 2.75) is 25.9 Å². The zero-order chi connectivity index (χ0) is 20.4. The first-order valence-corrected chi connectivity index (χ1v) is 10.2. The molecule has 9 heteroatoms. The molecule has 29 heavy (non-hydrogen) atoms. The summed E-state index contributed by atoms with van der Waals surface area (Å²) in [6, 6.07) is 7.06. The van der Waals surface area contributed by atoms with E-state index in [1.807, 2.05) is 40.9 Å². The average molecular weight is 411 g/mol. The molecule has 8 nitrogen and oxygen atoms in total. The van der Waals surface area contributed by atoms with E-state index in [2.05, 4.69) is 9.97 Å². The van der Waals surface area contributed by atoms with Crippen LogP contribution >= 0.6 is 11.3 Å². The van der Waals surface area contributed by atoms with Gasteiger partial charge in [-0.3, -0.25) is 14.6 Å². The van der Waals surface area contributed by atoms with E-state index in [9.17, 15) is 9.59 Å². The molecule has 1 aliphatic heterocycles. The molecule has 4 heterocycles. The minimum absolute atomic E-state index is 0.0285. The molecule has 1 aliphatic rings.